The van der Waals surface area contributed by atoms with Crippen LogP contribution in [0.4, 0.5) is 5.69 Å². The van der Waals surface area contributed by atoms with Crippen LogP contribution in [0.5, 0.6) is 0 Å². The number of ether oxygens (including phenoxy) is 1. The lowest BCUT2D eigenvalue weighted by atomic mass is 10.1. The molecular weight excluding hydrogens is 392 g/mol. The fraction of sp³-hybridized carbons (Fsp3) is 0.174. The number of anilines is 1. The molecule has 0 radical (unpaired) electrons. The van der Waals surface area contributed by atoms with Crippen LogP contribution in [0.15, 0.2) is 67.3 Å². The molecular formula is C23H20N6O2. The van der Waals surface area contributed by atoms with Crippen molar-refractivity contribution in [2.75, 3.05) is 18.5 Å². The van der Waals surface area contributed by atoms with Crippen molar-refractivity contribution in [2.24, 2.45) is 0 Å². The molecule has 0 aliphatic carbocycles. The minimum absolute atomic E-state index is 0.155. The topological polar surface area (TPSA) is 94.8 Å². The van der Waals surface area contributed by atoms with E-state index in [-0.39, 0.29) is 11.9 Å². The molecule has 0 unspecified atom stereocenters. The molecule has 154 valence electrons. The van der Waals surface area contributed by atoms with E-state index in [0.717, 1.165) is 16.8 Å². The van der Waals surface area contributed by atoms with Crippen molar-refractivity contribution >= 4 is 11.6 Å². The highest BCUT2D eigenvalue weighted by atomic mass is 16.5. The predicted octanol–water partition coefficient (Wildman–Crippen LogP) is 3.53. The maximum Gasteiger partial charge on any atom is 0.274 e. The first-order valence-electron chi connectivity index (χ1n) is 9.97. The lowest BCUT2D eigenvalue weighted by Gasteiger charge is -2.25. The van der Waals surface area contributed by atoms with Crippen LogP contribution in [0, 0.1) is 6.92 Å². The molecule has 1 N–H and O–H groups in total. The number of rotatable bonds is 5. The molecule has 4 aromatic rings. The molecule has 0 aromatic carbocycles. The molecule has 4 aromatic heterocycles. The summed E-state index contributed by atoms with van der Waals surface area (Å²) >= 11 is 0. The molecule has 8 nitrogen and oxygen atoms in total. The fourth-order valence-corrected chi connectivity index (χ4v) is 3.37. The van der Waals surface area contributed by atoms with E-state index in [9.17, 15) is 4.79 Å². The van der Waals surface area contributed by atoms with E-state index in [4.69, 9.17) is 4.74 Å². The Kier molecular flexibility index (Phi) is 4.97. The smallest absolute Gasteiger partial charge is 0.274 e. The van der Waals surface area contributed by atoms with E-state index in [0.29, 0.717) is 36.0 Å². The zero-order valence-corrected chi connectivity index (χ0v) is 16.9. The zero-order valence-electron chi connectivity index (χ0n) is 16.9. The standard InChI is InChI=1S/C23H20N6O2/c1-15-7-8-19(26-21(15)16-5-4-9-24-11-16)23(30)27-20-12-29(17-13-31-14-17)28-22(20)18-6-2-3-10-25-18/h2-12,17H,13-14H2,1H3,(H,27,30). The number of carbonyl (C=O) groups excluding carboxylic acids is 1. The maximum atomic E-state index is 13.1. The number of amides is 1. The summed E-state index contributed by atoms with van der Waals surface area (Å²) in [6.07, 6.45) is 6.97. The number of carbonyl (C=O) groups is 1. The van der Waals surface area contributed by atoms with Crippen molar-refractivity contribution in [2.45, 2.75) is 13.0 Å². The lowest BCUT2D eigenvalue weighted by molar-refractivity contribution is -0.0285. The van der Waals surface area contributed by atoms with E-state index in [1.54, 1.807) is 24.7 Å². The summed E-state index contributed by atoms with van der Waals surface area (Å²) < 4.78 is 7.11. The normalized spacial score (nSPS) is 13.6. The summed E-state index contributed by atoms with van der Waals surface area (Å²) in [5.74, 6) is -0.313. The molecule has 31 heavy (non-hydrogen) atoms. The van der Waals surface area contributed by atoms with Crippen LogP contribution in [0.3, 0.4) is 0 Å². The van der Waals surface area contributed by atoms with Gasteiger partial charge in [0.2, 0.25) is 0 Å². The summed E-state index contributed by atoms with van der Waals surface area (Å²) in [5.41, 5.74) is 4.76. The average molecular weight is 412 g/mol. The molecule has 5 rings (SSSR count). The van der Waals surface area contributed by atoms with Crippen LogP contribution in [-0.4, -0.2) is 43.9 Å². The second-order valence-corrected chi connectivity index (χ2v) is 7.34. The van der Waals surface area contributed by atoms with E-state index >= 15 is 0 Å². The third kappa shape index (κ3) is 3.80. The summed E-state index contributed by atoms with van der Waals surface area (Å²) in [5, 5.41) is 7.62. The summed E-state index contributed by atoms with van der Waals surface area (Å²) in [7, 11) is 0. The van der Waals surface area contributed by atoms with Gasteiger partial charge in [-0.1, -0.05) is 12.1 Å². The summed E-state index contributed by atoms with van der Waals surface area (Å²) in [6.45, 7) is 3.16. The summed E-state index contributed by atoms with van der Waals surface area (Å²) in [6, 6.07) is 13.1. The largest absolute Gasteiger partial charge is 0.377 e. The van der Waals surface area contributed by atoms with Gasteiger partial charge in [0.05, 0.1) is 36.3 Å². The van der Waals surface area contributed by atoms with Crippen molar-refractivity contribution in [3.05, 3.63) is 78.5 Å². The molecule has 0 spiro atoms. The molecule has 0 bridgehead atoms. The van der Waals surface area contributed by atoms with Crippen LogP contribution in [0.1, 0.15) is 22.1 Å². The van der Waals surface area contributed by atoms with Crippen LogP contribution in [0.25, 0.3) is 22.6 Å². The van der Waals surface area contributed by atoms with Crippen molar-refractivity contribution in [1.29, 1.82) is 0 Å². The van der Waals surface area contributed by atoms with Gasteiger partial charge in [0.1, 0.15) is 11.4 Å². The number of nitrogens with one attached hydrogen (secondary N) is 1. The molecule has 1 aliphatic heterocycles. The van der Waals surface area contributed by atoms with Gasteiger partial charge in [0, 0.05) is 30.4 Å². The van der Waals surface area contributed by atoms with Crippen LogP contribution in [-0.2, 0) is 4.74 Å². The number of hydrogen-bond donors (Lipinski definition) is 1. The Morgan fingerprint density at radius 1 is 1.10 bits per heavy atom. The maximum absolute atomic E-state index is 13.1. The van der Waals surface area contributed by atoms with Gasteiger partial charge in [-0.2, -0.15) is 5.10 Å². The molecule has 8 heteroatoms. The Balaban J connectivity index is 1.47. The van der Waals surface area contributed by atoms with Gasteiger partial charge in [-0.25, -0.2) is 4.98 Å². The third-order valence-electron chi connectivity index (χ3n) is 5.15. The number of aromatic nitrogens is 5. The van der Waals surface area contributed by atoms with Gasteiger partial charge < -0.3 is 10.1 Å². The highest BCUT2D eigenvalue weighted by Gasteiger charge is 2.25. The SMILES string of the molecule is Cc1ccc(C(=O)Nc2cn(C3COC3)nc2-c2ccccn2)nc1-c1cccnc1. The second kappa shape index (κ2) is 8.08. The first-order valence-corrected chi connectivity index (χ1v) is 9.97. The molecule has 5 heterocycles. The van der Waals surface area contributed by atoms with E-state index in [1.165, 1.54) is 0 Å². The Bertz CT molecular complexity index is 1220. The van der Waals surface area contributed by atoms with Gasteiger partial charge in [-0.15, -0.1) is 0 Å². The molecule has 1 fully saturated rings. The van der Waals surface area contributed by atoms with E-state index in [2.05, 4.69) is 25.4 Å². The van der Waals surface area contributed by atoms with E-state index in [1.807, 2.05) is 54.2 Å². The number of hydrogen-bond acceptors (Lipinski definition) is 6. The monoisotopic (exact) mass is 412 g/mol. The number of pyridine rings is 3. The van der Waals surface area contributed by atoms with Crippen molar-refractivity contribution < 1.29 is 9.53 Å². The second-order valence-electron chi connectivity index (χ2n) is 7.34. The Morgan fingerprint density at radius 2 is 2.00 bits per heavy atom. The van der Waals surface area contributed by atoms with Crippen molar-refractivity contribution in [3.63, 3.8) is 0 Å². The number of aryl methyl sites for hydroxylation is 1. The first kappa shape index (κ1) is 19.1. The van der Waals surface area contributed by atoms with Crippen LogP contribution < -0.4 is 5.32 Å². The predicted molar refractivity (Wildman–Crippen MR) is 115 cm³/mol. The highest BCUT2D eigenvalue weighted by Crippen LogP contribution is 2.29. The van der Waals surface area contributed by atoms with Crippen molar-refractivity contribution in [3.8, 4) is 22.6 Å². The van der Waals surface area contributed by atoms with Crippen LogP contribution >= 0.6 is 0 Å². The molecule has 1 saturated heterocycles. The van der Waals surface area contributed by atoms with Gasteiger partial charge in [0.25, 0.3) is 5.91 Å². The minimum Gasteiger partial charge on any atom is -0.377 e. The van der Waals surface area contributed by atoms with Gasteiger partial charge in [0.15, 0.2) is 0 Å². The van der Waals surface area contributed by atoms with Gasteiger partial charge in [-0.3, -0.25) is 19.4 Å². The Hall–Kier alpha value is -3.91. The zero-order chi connectivity index (χ0) is 21.2. The number of nitrogens with zero attached hydrogens (tertiary/aromatic N) is 5. The average Bonchev–Trinajstić information content (AvgIpc) is 3.17. The third-order valence-corrected chi connectivity index (χ3v) is 5.15. The fourth-order valence-electron chi connectivity index (χ4n) is 3.37. The molecule has 1 aliphatic rings. The van der Waals surface area contributed by atoms with E-state index < -0.39 is 0 Å². The van der Waals surface area contributed by atoms with Crippen molar-refractivity contribution in [1.82, 2.24) is 24.7 Å². The first-order chi connectivity index (χ1) is 15.2. The Labute approximate surface area is 179 Å². The Morgan fingerprint density at radius 3 is 2.71 bits per heavy atom. The highest BCUT2D eigenvalue weighted by molar-refractivity contribution is 6.04. The minimum atomic E-state index is -0.313. The van der Waals surface area contributed by atoms with Gasteiger partial charge >= 0.3 is 0 Å². The molecule has 1 amide bonds. The van der Waals surface area contributed by atoms with Crippen LogP contribution in [0.2, 0.25) is 0 Å². The molecule has 0 saturated carbocycles. The summed E-state index contributed by atoms with van der Waals surface area (Å²) in [4.78, 5) is 26.2. The molecule has 0 atom stereocenters. The van der Waals surface area contributed by atoms with Gasteiger partial charge in [-0.05, 0) is 42.8 Å². The lowest BCUT2D eigenvalue weighted by Crippen LogP contribution is -2.30. The quantitative estimate of drug-likeness (QED) is 0.539.